The fraction of sp³-hybridized carbons (Fsp3) is 0.333. The van der Waals surface area contributed by atoms with Crippen LogP contribution in [0.25, 0.3) is 10.1 Å². The zero-order valence-electron chi connectivity index (χ0n) is 13.9. The van der Waals surface area contributed by atoms with Crippen LogP contribution in [0.1, 0.15) is 30.4 Å². The zero-order chi connectivity index (χ0) is 16.5. The predicted molar refractivity (Wildman–Crippen MR) is 100 cm³/mol. The van der Waals surface area contributed by atoms with Gasteiger partial charge in [-0.1, -0.05) is 43.3 Å². The first-order valence-corrected chi connectivity index (χ1v) is 9.52. The van der Waals surface area contributed by atoms with Crippen molar-refractivity contribution in [1.29, 1.82) is 0 Å². The van der Waals surface area contributed by atoms with Gasteiger partial charge in [-0.05, 0) is 53.3 Å². The largest absolute Gasteiger partial charge is 0.299 e. The summed E-state index contributed by atoms with van der Waals surface area (Å²) in [7, 11) is 0. The molecule has 0 spiro atoms. The Labute approximate surface area is 146 Å². The molecule has 1 aliphatic heterocycles. The summed E-state index contributed by atoms with van der Waals surface area (Å²) in [6, 6.07) is 16.3. The maximum atomic E-state index is 14.6. The van der Waals surface area contributed by atoms with Crippen LogP contribution in [0, 0.1) is 11.7 Å². The average molecular weight is 339 g/mol. The lowest BCUT2D eigenvalue weighted by Gasteiger charge is -2.37. The van der Waals surface area contributed by atoms with Gasteiger partial charge in [0.2, 0.25) is 0 Å². The lowest BCUT2D eigenvalue weighted by molar-refractivity contribution is 0.155. The third-order valence-corrected chi connectivity index (χ3v) is 6.18. The van der Waals surface area contributed by atoms with E-state index in [0.29, 0.717) is 11.8 Å². The minimum Gasteiger partial charge on any atom is -0.299 e. The monoisotopic (exact) mass is 339 g/mol. The maximum Gasteiger partial charge on any atom is 0.128 e. The first-order chi connectivity index (χ1) is 11.7. The van der Waals surface area contributed by atoms with Crippen molar-refractivity contribution >= 4 is 21.4 Å². The van der Waals surface area contributed by atoms with Crippen LogP contribution in [-0.2, 0) is 6.54 Å². The molecule has 2 aromatic carbocycles. The fourth-order valence-corrected chi connectivity index (χ4v) is 5.02. The average Bonchev–Trinajstić information content (AvgIpc) is 3.05. The molecule has 3 heteroatoms. The van der Waals surface area contributed by atoms with E-state index in [9.17, 15) is 4.39 Å². The Morgan fingerprint density at radius 3 is 2.75 bits per heavy atom. The van der Waals surface area contributed by atoms with Crippen molar-refractivity contribution in [3.8, 4) is 0 Å². The van der Waals surface area contributed by atoms with Crippen LogP contribution in [0.2, 0.25) is 0 Å². The first kappa shape index (κ1) is 15.8. The second-order valence-corrected chi connectivity index (χ2v) is 7.81. The molecule has 1 aromatic heterocycles. The third-order valence-electron chi connectivity index (χ3n) is 5.22. The van der Waals surface area contributed by atoms with Crippen molar-refractivity contribution in [2.75, 3.05) is 13.1 Å². The molecule has 2 unspecified atom stereocenters. The molecule has 2 heterocycles. The van der Waals surface area contributed by atoms with E-state index in [4.69, 9.17) is 0 Å². The van der Waals surface area contributed by atoms with E-state index < -0.39 is 0 Å². The molecule has 1 fully saturated rings. The summed E-state index contributed by atoms with van der Waals surface area (Å²) in [6.45, 7) is 5.32. The van der Waals surface area contributed by atoms with Gasteiger partial charge in [-0.25, -0.2) is 4.39 Å². The normalized spacial score (nSPS) is 22.1. The standard InChI is InChI=1S/C21H22FNS/c1-15-13-23(14-16-5-3-2-4-6-16)11-9-18(15)20-19(22)8-7-17-10-12-24-21(17)20/h2-8,10,12,15,18H,9,11,13-14H2,1H3. The fourth-order valence-electron chi connectivity index (χ4n) is 4.02. The van der Waals surface area contributed by atoms with Crippen molar-refractivity contribution in [1.82, 2.24) is 4.90 Å². The molecule has 4 rings (SSSR count). The number of benzene rings is 2. The zero-order valence-corrected chi connectivity index (χ0v) is 14.7. The van der Waals surface area contributed by atoms with E-state index in [1.165, 1.54) is 10.9 Å². The molecular weight excluding hydrogens is 317 g/mol. The van der Waals surface area contributed by atoms with E-state index in [2.05, 4.69) is 53.6 Å². The van der Waals surface area contributed by atoms with Crippen LogP contribution >= 0.6 is 11.3 Å². The van der Waals surface area contributed by atoms with E-state index in [0.717, 1.165) is 36.3 Å². The molecule has 1 saturated heterocycles. The predicted octanol–water partition coefficient (Wildman–Crippen LogP) is 5.67. The van der Waals surface area contributed by atoms with Gasteiger partial charge in [-0.15, -0.1) is 11.3 Å². The van der Waals surface area contributed by atoms with Gasteiger partial charge >= 0.3 is 0 Å². The molecule has 0 N–H and O–H groups in total. The van der Waals surface area contributed by atoms with Crippen LogP contribution in [0.5, 0.6) is 0 Å². The van der Waals surface area contributed by atoms with Crippen molar-refractivity contribution in [2.24, 2.45) is 5.92 Å². The highest BCUT2D eigenvalue weighted by molar-refractivity contribution is 7.17. The highest BCUT2D eigenvalue weighted by Crippen LogP contribution is 2.40. The summed E-state index contributed by atoms with van der Waals surface area (Å²) >= 11 is 1.67. The Balaban J connectivity index is 1.54. The second kappa shape index (κ2) is 6.66. The number of halogens is 1. The Kier molecular flexibility index (Phi) is 4.38. The quantitative estimate of drug-likeness (QED) is 0.594. The molecule has 0 bridgehead atoms. The number of rotatable bonds is 3. The molecule has 0 amide bonds. The van der Waals surface area contributed by atoms with Gasteiger partial charge < -0.3 is 0 Å². The van der Waals surface area contributed by atoms with Gasteiger partial charge in [0.25, 0.3) is 0 Å². The smallest absolute Gasteiger partial charge is 0.128 e. The summed E-state index contributed by atoms with van der Waals surface area (Å²) in [5, 5.41) is 3.25. The number of thiophene rings is 1. The number of hydrogen-bond acceptors (Lipinski definition) is 2. The number of fused-ring (bicyclic) bond motifs is 1. The molecule has 3 aromatic rings. The van der Waals surface area contributed by atoms with Gasteiger partial charge in [-0.2, -0.15) is 0 Å². The summed E-state index contributed by atoms with van der Waals surface area (Å²) in [5.41, 5.74) is 2.31. The third kappa shape index (κ3) is 2.99. The Morgan fingerprint density at radius 1 is 1.12 bits per heavy atom. The van der Waals surface area contributed by atoms with Crippen LogP contribution in [0.3, 0.4) is 0 Å². The topological polar surface area (TPSA) is 3.24 Å². The second-order valence-electron chi connectivity index (χ2n) is 6.89. The van der Waals surface area contributed by atoms with Gasteiger partial charge in [0, 0.05) is 23.4 Å². The molecule has 2 atom stereocenters. The summed E-state index contributed by atoms with van der Waals surface area (Å²) < 4.78 is 15.7. The SMILES string of the molecule is CC1CN(Cc2ccccc2)CCC1c1c(F)ccc2ccsc12. The Bertz CT molecular complexity index is 826. The number of nitrogens with zero attached hydrogens (tertiary/aromatic N) is 1. The lowest BCUT2D eigenvalue weighted by Crippen LogP contribution is -2.38. The molecule has 0 radical (unpaired) electrons. The first-order valence-electron chi connectivity index (χ1n) is 8.64. The van der Waals surface area contributed by atoms with Gasteiger partial charge in [0.15, 0.2) is 0 Å². The number of piperidine rings is 1. The van der Waals surface area contributed by atoms with Crippen molar-refractivity contribution < 1.29 is 4.39 Å². The van der Waals surface area contributed by atoms with Crippen molar-refractivity contribution in [2.45, 2.75) is 25.8 Å². The highest BCUT2D eigenvalue weighted by atomic mass is 32.1. The molecule has 0 aliphatic carbocycles. The van der Waals surface area contributed by atoms with Crippen molar-refractivity contribution in [3.05, 3.63) is 70.9 Å². The van der Waals surface area contributed by atoms with Crippen LogP contribution in [0.15, 0.2) is 53.9 Å². The highest BCUT2D eigenvalue weighted by Gasteiger charge is 2.30. The Hall–Kier alpha value is -1.71. The molecule has 1 aliphatic rings. The van der Waals surface area contributed by atoms with Gasteiger partial charge in [0.05, 0.1) is 0 Å². The van der Waals surface area contributed by atoms with Crippen LogP contribution < -0.4 is 0 Å². The summed E-state index contributed by atoms with van der Waals surface area (Å²) in [6.07, 6.45) is 1.03. The van der Waals surface area contributed by atoms with E-state index in [1.807, 2.05) is 6.07 Å². The van der Waals surface area contributed by atoms with E-state index in [-0.39, 0.29) is 5.82 Å². The molecule has 1 nitrogen and oxygen atoms in total. The molecular formula is C21H22FNS. The van der Waals surface area contributed by atoms with Gasteiger partial charge in [-0.3, -0.25) is 4.90 Å². The molecule has 0 saturated carbocycles. The van der Waals surface area contributed by atoms with Crippen LogP contribution in [-0.4, -0.2) is 18.0 Å². The summed E-state index contributed by atoms with van der Waals surface area (Å²) in [4.78, 5) is 2.50. The summed E-state index contributed by atoms with van der Waals surface area (Å²) in [5.74, 6) is 0.752. The Morgan fingerprint density at radius 2 is 1.96 bits per heavy atom. The molecule has 24 heavy (non-hydrogen) atoms. The number of hydrogen-bond donors (Lipinski definition) is 0. The van der Waals surface area contributed by atoms with E-state index >= 15 is 0 Å². The van der Waals surface area contributed by atoms with Crippen molar-refractivity contribution in [3.63, 3.8) is 0 Å². The van der Waals surface area contributed by atoms with Gasteiger partial charge in [0.1, 0.15) is 5.82 Å². The minimum atomic E-state index is -0.0293. The maximum absolute atomic E-state index is 14.6. The van der Waals surface area contributed by atoms with Crippen LogP contribution in [0.4, 0.5) is 4.39 Å². The molecule has 124 valence electrons. The minimum absolute atomic E-state index is 0.0293. The lowest BCUT2D eigenvalue weighted by atomic mass is 9.81. The van der Waals surface area contributed by atoms with E-state index in [1.54, 1.807) is 17.4 Å². The number of likely N-dealkylation sites (tertiary alicyclic amines) is 1.